The number of thioether (sulfide) groups is 1. The van der Waals surface area contributed by atoms with E-state index < -0.39 is 5.66 Å². The van der Waals surface area contributed by atoms with Crippen molar-refractivity contribution in [2.24, 2.45) is 15.7 Å². The summed E-state index contributed by atoms with van der Waals surface area (Å²) in [5.74, 6) is 1.31. The Labute approximate surface area is 154 Å². The first-order valence-corrected chi connectivity index (χ1v) is 9.42. The van der Waals surface area contributed by atoms with Crippen molar-refractivity contribution in [2.75, 3.05) is 13.4 Å². The Kier molecular flexibility index (Phi) is 4.69. The van der Waals surface area contributed by atoms with Crippen LogP contribution >= 0.6 is 27.7 Å². The maximum Gasteiger partial charge on any atom is 0.205 e. The molecule has 24 heavy (non-hydrogen) atoms. The molecule has 1 heterocycles. The first kappa shape index (κ1) is 17.0. The quantitative estimate of drug-likeness (QED) is 0.838. The molecule has 1 unspecified atom stereocenters. The number of nitrogens with two attached hydrogens (primary N) is 1. The molecule has 0 fully saturated rings. The van der Waals surface area contributed by atoms with Crippen molar-refractivity contribution in [1.82, 2.24) is 0 Å². The van der Waals surface area contributed by atoms with Crippen molar-refractivity contribution in [1.29, 1.82) is 0 Å². The van der Waals surface area contributed by atoms with Crippen molar-refractivity contribution in [2.45, 2.75) is 12.6 Å². The van der Waals surface area contributed by atoms with Crippen LogP contribution in [0.3, 0.4) is 0 Å². The molecule has 0 saturated heterocycles. The largest absolute Gasteiger partial charge is 0.496 e. The summed E-state index contributed by atoms with van der Waals surface area (Å²) in [6.45, 7) is 2.01. The van der Waals surface area contributed by atoms with Crippen LogP contribution in [0.15, 0.2) is 56.9 Å². The summed E-state index contributed by atoms with van der Waals surface area (Å²) >= 11 is 5.04. The van der Waals surface area contributed by atoms with Gasteiger partial charge in [-0.3, -0.25) is 0 Å². The van der Waals surface area contributed by atoms with E-state index in [1.807, 2.05) is 49.6 Å². The van der Waals surface area contributed by atoms with E-state index in [9.17, 15) is 0 Å². The number of hydrogen-bond donors (Lipinski definition) is 1. The second kappa shape index (κ2) is 6.61. The van der Waals surface area contributed by atoms with Crippen molar-refractivity contribution < 1.29 is 4.74 Å². The van der Waals surface area contributed by atoms with E-state index in [0.29, 0.717) is 5.84 Å². The van der Waals surface area contributed by atoms with E-state index in [2.05, 4.69) is 22.0 Å². The van der Waals surface area contributed by atoms with Gasteiger partial charge in [0, 0.05) is 15.6 Å². The highest BCUT2D eigenvalue weighted by atomic mass is 79.9. The standard InChI is InChI=1S/C18H18BrN3OS/c1-11-9-13(7-8-15(11)23-2)18(12-5-4-6-14(19)10-12)21-16(20)17(22-18)24-3/h4-10H,1-3H3,(H2,20,21). The molecule has 0 saturated carbocycles. The van der Waals surface area contributed by atoms with E-state index in [-0.39, 0.29) is 0 Å². The molecule has 124 valence electrons. The highest BCUT2D eigenvalue weighted by Crippen LogP contribution is 2.41. The van der Waals surface area contributed by atoms with Crippen molar-refractivity contribution in [3.05, 3.63) is 63.6 Å². The van der Waals surface area contributed by atoms with Gasteiger partial charge >= 0.3 is 0 Å². The van der Waals surface area contributed by atoms with E-state index in [1.165, 1.54) is 11.8 Å². The van der Waals surface area contributed by atoms with Crippen LogP contribution in [-0.2, 0) is 5.66 Å². The number of ether oxygens (including phenoxy) is 1. The van der Waals surface area contributed by atoms with Gasteiger partial charge in [-0.25, -0.2) is 9.98 Å². The van der Waals surface area contributed by atoms with Gasteiger partial charge in [0.25, 0.3) is 0 Å². The monoisotopic (exact) mass is 403 g/mol. The number of rotatable bonds is 3. The molecular formula is C18H18BrN3OS. The molecule has 1 aliphatic heterocycles. The van der Waals surface area contributed by atoms with Crippen LogP contribution in [0, 0.1) is 6.92 Å². The SMILES string of the molecule is COc1ccc(C2(c3cccc(Br)c3)N=C(N)C(SC)=N2)cc1C. The number of nitrogens with zero attached hydrogens (tertiary/aromatic N) is 2. The maximum atomic E-state index is 6.13. The van der Waals surface area contributed by atoms with Gasteiger partial charge in [-0.15, -0.1) is 11.8 Å². The topological polar surface area (TPSA) is 60.0 Å². The second-order valence-corrected chi connectivity index (χ2v) is 7.20. The summed E-state index contributed by atoms with van der Waals surface area (Å²) < 4.78 is 6.35. The molecular weight excluding hydrogens is 386 g/mol. The third-order valence-corrected chi connectivity index (χ3v) is 5.16. The van der Waals surface area contributed by atoms with E-state index in [4.69, 9.17) is 20.5 Å². The molecule has 0 bridgehead atoms. The number of hydrogen-bond acceptors (Lipinski definition) is 5. The van der Waals surface area contributed by atoms with Crippen LogP contribution in [0.2, 0.25) is 0 Å². The zero-order chi connectivity index (χ0) is 17.3. The minimum atomic E-state index is -0.858. The molecule has 0 amide bonds. The molecule has 6 heteroatoms. The number of halogens is 1. The summed E-state index contributed by atoms with van der Waals surface area (Å²) in [4.78, 5) is 9.65. The second-order valence-electron chi connectivity index (χ2n) is 5.49. The first-order valence-electron chi connectivity index (χ1n) is 7.41. The summed E-state index contributed by atoms with van der Waals surface area (Å²) in [5.41, 5.74) is 8.24. The third-order valence-electron chi connectivity index (χ3n) is 3.98. The van der Waals surface area contributed by atoms with Gasteiger partial charge in [-0.2, -0.15) is 0 Å². The van der Waals surface area contributed by atoms with Gasteiger partial charge in [0.2, 0.25) is 5.66 Å². The third kappa shape index (κ3) is 2.84. The van der Waals surface area contributed by atoms with Crippen LogP contribution in [-0.4, -0.2) is 24.2 Å². The molecule has 1 atom stereocenters. The van der Waals surface area contributed by atoms with Gasteiger partial charge in [0.15, 0.2) is 5.84 Å². The van der Waals surface area contributed by atoms with Crippen LogP contribution in [0.1, 0.15) is 16.7 Å². The Morgan fingerprint density at radius 1 is 1.12 bits per heavy atom. The average Bonchev–Trinajstić information content (AvgIpc) is 2.92. The van der Waals surface area contributed by atoms with Crippen LogP contribution in [0.4, 0.5) is 0 Å². The Balaban J connectivity index is 2.25. The Bertz CT molecular complexity index is 850. The summed E-state index contributed by atoms with van der Waals surface area (Å²) in [6, 6.07) is 14.0. The normalized spacial score (nSPS) is 19.8. The van der Waals surface area contributed by atoms with Gasteiger partial charge in [-0.05, 0) is 43.0 Å². The summed E-state index contributed by atoms with van der Waals surface area (Å²) in [5, 5.41) is 0.753. The van der Waals surface area contributed by atoms with E-state index >= 15 is 0 Å². The van der Waals surface area contributed by atoms with Gasteiger partial charge in [0.05, 0.1) is 7.11 Å². The highest BCUT2D eigenvalue weighted by molar-refractivity contribution is 9.10. The molecule has 4 nitrogen and oxygen atoms in total. The van der Waals surface area contributed by atoms with Gasteiger partial charge < -0.3 is 10.5 Å². The fraction of sp³-hybridized carbons (Fsp3) is 0.222. The molecule has 0 spiro atoms. The molecule has 2 aromatic rings. The highest BCUT2D eigenvalue weighted by Gasteiger charge is 2.39. The number of amidine groups is 1. The lowest BCUT2D eigenvalue weighted by atomic mass is 9.91. The fourth-order valence-electron chi connectivity index (χ4n) is 2.83. The molecule has 0 radical (unpaired) electrons. The van der Waals surface area contributed by atoms with Crippen LogP contribution in [0.5, 0.6) is 5.75 Å². The van der Waals surface area contributed by atoms with Crippen molar-refractivity contribution in [3.8, 4) is 5.75 Å². The maximum absolute atomic E-state index is 6.13. The summed E-state index contributed by atoms with van der Waals surface area (Å²) in [7, 11) is 1.67. The fourth-order valence-corrected chi connectivity index (χ4v) is 3.70. The van der Waals surface area contributed by atoms with E-state index in [0.717, 1.165) is 32.0 Å². The molecule has 0 aromatic heterocycles. The zero-order valence-corrected chi connectivity index (χ0v) is 16.1. The first-order chi connectivity index (χ1) is 11.5. The molecule has 3 rings (SSSR count). The van der Waals surface area contributed by atoms with E-state index in [1.54, 1.807) is 7.11 Å². The lowest BCUT2D eigenvalue weighted by molar-refractivity contribution is 0.411. The predicted octanol–water partition coefficient (Wildman–Crippen LogP) is 4.10. The van der Waals surface area contributed by atoms with Gasteiger partial charge in [-0.1, -0.05) is 34.1 Å². The van der Waals surface area contributed by atoms with Crippen LogP contribution < -0.4 is 10.5 Å². The lowest BCUT2D eigenvalue weighted by Crippen LogP contribution is -2.22. The number of aliphatic imine (C=N–C) groups is 2. The molecule has 2 aromatic carbocycles. The predicted molar refractivity (Wildman–Crippen MR) is 105 cm³/mol. The van der Waals surface area contributed by atoms with Gasteiger partial charge in [0.1, 0.15) is 10.8 Å². The molecule has 1 aliphatic rings. The minimum Gasteiger partial charge on any atom is -0.496 e. The minimum absolute atomic E-state index is 0.468. The Morgan fingerprint density at radius 3 is 2.46 bits per heavy atom. The van der Waals surface area contributed by atoms with Crippen molar-refractivity contribution in [3.63, 3.8) is 0 Å². The molecule has 2 N–H and O–H groups in total. The number of benzene rings is 2. The smallest absolute Gasteiger partial charge is 0.205 e. The van der Waals surface area contributed by atoms with Crippen LogP contribution in [0.25, 0.3) is 0 Å². The van der Waals surface area contributed by atoms with Crippen molar-refractivity contribution >= 4 is 38.6 Å². The Morgan fingerprint density at radius 2 is 1.88 bits per heavy atom. The lowest BCUT2D eigenvalue weighted by Gasteiger charge is -2.25. The zero-order valence-electron chi connectivity index (χ0n) is 13.7. The number of aryl methyl sites for hydroxylation is 1. The summed E-state index contributed by atoms with van der Waals surface area (Å²) in [6.07, 6.45) is 1.96. The molecule has 0 aliphatic carbocycles. The Hall–Kier alpha value is -1.79. The average molecular weight is 404 g/mol. The number of methoxy groups -OCH3 is 1.